The van der Waals surface area contributed by atoms with Crippen molar-refractivity contribution in [3.05, 3.63) is 37.2 Å². The second kappa shape index (κ2) is 6.85. The van der Waals surface area contributed by atoms with Crippen molar-refractivity contribution in [3.8, 4) is 5.75 Å². The normalized spacial score (nSPS) is 11.5. The molecular weight excluding hydrogens is 420 g/mol. The van der Waals surface area contributed by atoms with Gasteiger partial charge in [0.2, 0.25) is 4.77 Å². The Morgan fingerprint density at radius 2 is 2.00 bits per heavy atom. The average Bonchev–Trinajstić information content (AvgIpc) is 2.77. The summed E-state index contributed by atoms with van der Waals surface area (Å²) < 4.78 is 9.08. The van der Waals surface area contributed by atoms with Gasteiger partial charge in [0.25, 0.3) is 0 Å². The lowest BCUT2D eigenvalue weighted by Gasteiger charge is -2.07. The summed E-state index contributed by atoms with van der Waals surface area (Å²) in [6, 6.07) is 3.84. The third-order valence-electron chi connectivity index (χ3n) is 2.74. The third kappa shape index (κ3) is 3.61. The van der Waals surface area contributed by atoms with Gasteiger partial charge in [-0.3, -0.25) is 5.10 Å². The molecule has 0 fully saturated rings. The Hall–Kier alpha value is -0.990. The molecule has 0 spiro atoms. The largest absolute Gasteiger partial charge is 0.494 e. The molecule has 21 heavy (non-hydrogen) atoms. The summed E-state index contributed by atoms with van der Waals surface area (Å²) in [7, 11) is 1.62. The maximum Gasteiger partial charge on any atom is 0.216 e. The molecule has 0 radical (unpaired) electrons. The zero-order valence-electron chi connectivity index (χ0n) is 11.7. The predicted molar refractivity (Wildman–Crippen MR) is 92.9 cm³/mol. The van der Waals surface area contributed by atoms with Crippen molar-refractivity contribution in [1.29, 1.82) is 0 Å². The first kappa shape index (κ1) is 16.4. The third-order valence-corrected chi connectivity index (χ3v) is 4.18. The fourth-order valence-electron chi connectivity index (χ4n) is 1.76. The molecular formula is C13H14Br2N4OS. The Labute approximate surface area is 144 Å². The fraction of sp³-hybridized carbons (Fsp3) is 0.308. The maximum atomic E-state index is 5.28. The summed E-state index contributed by atoms with van der Waals surface area (Å²) in [4.78, 5) is 0. The summed E-state index contributed by atoms with van der Waals surface area (Å²) in [5.74, 6) is 1.77. The molecule has 2 rings (SSSR count). The molecule has 0 atom stereocenters. The second-order valence-electron chi connectivity index (χ2n) is 4.62. The highest BCUT2D eigenvalue weighted by Crippen LogP contribution is 2.33. The van der Waals surface area contributed by atoms with Gasteiger partial charge in [-0.2, -0.15) is 14.9 Å². The predicted octanol–water partition coefficient (Wildman–Crippen LogP) is 4.48. The SMILES string of the molecule is COc1c(Br)cc(/C=N\n2c(C(C)C)n[nH]c2=S)cc1Br. The van der Waals surface area contributed by atoms with Gasteiger partial charge in [-0.25, -0.2) is 0 Å². The molecule has 0 saturated heterocycles. The van der Waals surface area contributed by atoms with Crippen LogP contribution >= 0.6 is 44.1 Å². The van der Waals surface area contributed by atoms with Crippen LogP contribution in [-0.4, -0.2) is 28.2 Å². The van der Waals surface area contributed by atoms with Crippen LogP contribution in [0.15, 0.2) is 26.2 Å². The lowest BCUT2D eigenvalue weighted by atomic mass is 10.2. The van der Waals surface area contributed by atoms with Gasteiger partial charge in [0.05, 0.1) is 22.3 Å². The summed E-state index contributed by atoms with van der Waals surface area (Å²) in [6.07, 6.45) is 1.73. The molecule has 1 heterocycles. The number of hydrogen-bond donors (Lipinski definition) is 1. The van der Waals surface area contributed by atoms with E-state index in [1.54, 1.807) is 18.0 Å². The molecule has 8 heteroatoms. The van der Waals surface area contributed by atoms with E-state index in [0.717, 1.165) is 26.1 Å². The number of aromatic amines is 1. The molecule has 1 aromatic heterocycles. The fourth-order valence-corrected chi connectivity index (χ4v) is 3.49. The van der Waals surface area contributed by atoms with Crippen molar-refractivity contribution in [3.63, 3.8) is 0 Å². The number of halogens is 2. The molecule has 0 bridgehead atoms. The number of aromatic nitrogens is 3. The van der Waals surface area contributed by atoms with Gasteiger partial charge in [-0.05, 0) is 61.8 Å². The number of rotatable bonds is 4. The van der Waals surface area contributed by atoms with E-state index in [-0.39, 0.29) is 5.92 Å². The van der Waals surface area contributed by atoms with Crippen molar-refractivity contribution in [2.45, 2.75) is 19.8 Å². The first-order valence-electron chi connectivity index (χ1n) is 6.18. The number of H-pyrrole nitrogens is 1. The molecule has 0 saturated carbocycles. The van der Waals surface area contributed by atoms with Gasteiger partial charge in [0, 0.05) is 5.92 Å². The lowest BCUT2D eigenvalue weighted by Crippen LogP contribution is -2.01. The molecule has 112 valence electrons. The second-order valence-corrected chi connectivity index (χ2v) is 6.71. The highest BCUT2D eigenvalue weighted by Gasteiger charge is 2.10. The van der Waals surface area contributed by atoms with Crippen LogP contribution in [0.3, 0.4) is 0 Å². The Kier molecular flexibility index (Phi) is 5.34. The number of ether oxygens (including phenoxy) is 1. The summed E-state index contributed by atoms with van der Waals surface area (Å²) in [5, 5.41) is 11.3. The molecule has 2 aromatic rings. The first-order chi connectivity index (χ1) is 9.93. The summed E-state index contributed by atoms with van der Waals surface area (Å²) in [6.45, 7) is 4.08. The van der Waals surface area contributed by atoms with Gasteiger partial charge in [-0.15, -0.1) is 0 Å². The van der Waals surface area contributed by atoms with E-state index in [2.05, 4.69) is 47.2 Å². The van der Waals surface area contributed by atoms with Gasteiger partial charge in [0.15, 0.2) is 5.82 Å². The van der Waals surface area contributed by atoms with Gasteiger partial charge in [0.1, 0.15) is 5.75 Å². The van der Waals surface area contributed by atoms with E-state index in [0.29, 0.717) is 4.77 Å². The quantitative estimate of drug-likeness (QED) is 0.571. The Morgan fingerprint density at radius 3 is 2.52 bits per heavy atom. The van der Waals surface area contributed by atoms with Crippen molar-refractivity contribution in [1.82, 2.24) is 14.9 Å². The molecule has 0 amide bonds. The van der Waals surface area contributed by atoms with Crippen LogP contribution < -0.4 is 4.74 Å². The highest BCUT2D eigenvalue weighted by molar-refractivity contribution is 9.11. The smallest absolute Gasteiger partial charge is 0.216 e. The van der Waals surface area contributed by atoms with E-state index in [9.17, 15) is 0 Å². The van der Waals surface area contributed by atoms with E-state index >= 15 is 0 Å². The highest BCUT2D eigenvalue weighted by atomic mass is 79.9. The van der Waals surface area contributed by atoms with Crippen molar-refractivity contribution >= 4 is 50.3 Å². The average molecular weight is 434 g/mol. The molecule has 1 N–H and O–H groups in total. The minimum atomic E-state index is 0.226. The maximum absolute atomic E-state index is 5.28. The number of hydrogen-bond acceptors (Lipinski definition) is 4. The first-order valence-corrected chi connectivity index (χ1v) is 8.18. The molecule has 0 aliphatic heterocycles. The number of methoxy groups -OCH3 is 1. The zero-order chi connectivity index (χ0) is 15.6. The Bertz CT molecular complexity index is 713. The van der Waals surface area contributed by atoms with E-state index in [1.807, 2.05) is 26.0 Å². The Balaban J connectivity index is 2.39. The zero-order valence-corrected chi connectivity index (χ0v) is 15.7. The molecule has 5 nitrogen and oxygen atoms in total. The molecule has 0 aliphatic rings. The molecule has 0 unspecified atom stereocenters. The van der Waals surface area contributed by atoms with E-state index in [1.165, 1.54) is 0 Å². The molecule has 0 aliphatic carbocycles. The van der Waals surface area contributed by atoms with E-state index < -0.39 is 0 Å². The van der Waals surface area contributed by atoms with Gasteiger partial charge < -0.3 is 4.74 Å². The van der Waals surface area contributed by atoms with Crippen molar-refractivity contribution < 1.29 is 4.74 Å². The van der Waals surface area contributed by atoms with Crippen molar-refractivity contribution in [2.24, 2.45) is 5.10 Å². The van der Waals surface area contributed by atoms with Gasteiger partial charge >= 0.3 is 0 Å². The van der Waals surface area contributed by atoms with Crippen LogP contribution in [0.2, 0.25) is 0 Å². The van der Waals surface area contributed by atoms with Gasteiger partial charge in [-0.1, -0.05) is 13.8 Å². The van der Waals surface area contributed by atoms with Crippen LogP contribution in [-0.2, 0) is 0 Å². The van der Waals surface area contributed by atoms with Crippen LogP contribution in [0.1, 0.15) is 31.2 Å². The number of benzene rings is 1. The number of nitrogens with one attached hydrogen (secondary N) is 1. The van der Waals surface area contributed by atoms with Crippen LogP contribution in [0.5, 0.6) is 5.75 Å². The van der Waals surface area contributed by atoms with Crippen molar-refractivity contribution in [2.75, 3.05) is 7.11 Å². The number of nitrogens with zero attached hydrogens (tertiary/aromatic N) is 3. The Morgan fingerprint density at radius 1 is 1.38 bits per heavy atom. The summed E-state index contributed by atoms with van der Waals surface area (Å²) in [5.41, 5.74) is 0.910. The van der Waals surface area contributed by atoms with Crippen LogP contribution in [0.4, 0.5) is 0 Å². The minimum absolute atomic E-state index is 0.226. The van der Waals surface area contributed by atoms with E-state index in [4.69, 9.17) is 17.0 Å². The lowest BCUT2D eigenvalue weighted by molar-refractivity contribution is 0.409. The summed E-state index contributed by atoms with van der Waals surface area (Å²) >= 11 is 12.1. The topological polar surface area (TPSA) is 55.2 Å². The molecule has 1 aromatic carbocycles. The monoisotopic (exact) mass is 432 g/mol. The standard InChI is InChI=1S/C13H14Br2N4OS/c1-7(2)12-17-18-13(21)19(12)16-6-8-4-9(14)11(20-3)10(15)5-8/h4-7H,1-3H3,(H,18,21)/b16-6-. The minimum Gasteiger partial charge on any atom is -0.494 e. The van der Waals surface area contributed by atoms with Crippen LogP contribution in [0, 0.1) is 4.77 Å². The van der Waals surface area contributed by atoms with Crippen LogP contribution in [0.25, 0.3) is 0 Å².